The molecular formula is C24H30N4O4. The summed E-state index contributed by atoms with van der Waals surface area (Å²) >= 11 is 0. The van der Waals surface area contributed by atoms with E-state index in [1.807, 2.05) is 41.3 Å². The summed E-state index contributed by atoms with van der Waals surface area (Å²) in [6, 6.07) is 15.2. The Balaban J connectivity index is 1.52. The number of ether oxygens (including phenoxy) is 2. The van der Waals surface area contributed by atoms with Gasteiger partial charge in [-0.1, -0.05) is 30.3 Å². The summed E-state index contributed by atoms with van der Waals surface area (Å²) in [5, 5.41) is 0. The largest absolute Gasteiger partial charge is 0.497 e. The lowest BCUT2D eigenvalue weighted by Gasteiger charge is -2.43. The van der Waals surface area contributed by atoms with Gasteiger partial charge in [0, 0.05) is 43.5 Å². The number of rotatable bonds is 7. The molecule has 2 aromatic carbocycles. The van der Waals surface area contributed by atoms with E-state index < -0.39 is 0 Å². The Morgan fingerprint density at radius 2 is 1.81 bits per heavy atom. The molecule has 4 rings (SSSR count). The van der Waals surface area contributed by atoms with E-state index in [0.717, 1.165) is 37.6 Å². The number of hydrogen-bond donors (Lipinski definition) is 1. The molecule has 32 heavy (non-hydrogen) atoms. The molecule has 2 N–H and O–H groups in total. The van der Waals surface area contributed by atoms with Crippen molar-refractivity contribution < 1.29 is 19.1 Å². The highest BCUT2D eigenvalue weighted by molar-refractivity contribution is 5.97. The van der Waals surface area contributed by atoms with Crippen molar-refractivity contribution in [2.45, 2.75) is 12.6 Å². The topological polar surface area (TPSA) is 88.3 Å². The van der Waals surface area contributed by atoms with Crippen molar-refractivity contribution in [2.24, 2.45) is 5.73 Å². The first-order valence-electron chi connectivity index (χ1n) is 10.9. The van der Waals surface area contributed by atoms with Gasteiger partial charge < -0.3 is 20.1 Å². The summed E-state index contributed by atoms with van der Waals surface area (Å²) in [4.78, 5) is 31.5. The quantitative estimate of drug-likeness (QED) is 0.665. The number of benzene rings is 2. The minimum atomic E-state index is -0.105. The maximum absolute atomic E-state index is 13.6. The predicted molar refractivity (Wildman–Crippen MR) is 122 cm³/mol. The van der Waals surface area contributed by atoms with E-state index in [9.17, 15) is 9.59 Å². The number of anilines is 1. The fraction of sp³-hybridized carbons (Fsp3) is 0.417. The molecule has 170 valence electrons. The number of amides is 2. The van der Waals surface area contributed by atoms with Gasteiger partial charge in [0.25, 0.3) is 0 Å². The third-order valence-electron chi connectivity index (χ3n) is 6.12. The van der Waals surface area contributed by atoms with Gasteiger partial charge in [-0.15, -0.1) is 0 Å². The molecule has 2 aliphatic heterocycles. The van der Waals surface area contributed by atoms with Crippen LogP contribution in [-0.4, -0.2) is 80.7 Å². The number of nitrogens with two attached hydrogens (primary N) is 1. The number of ketones is 1. The summed E-state index contributed by atoms with van der Waals surface area (Å²) in [5.41, 5.74) is 7.74. The van der Waals surface area contributed by atoms with Gasteiger partial charge in [-0.05, 0) is 17.7 Å². The van der Waals surface area contributed by atoms with Gasteiger partial charge >= 0.3 is 6.03 Å². The van der Waals surface area contributed by atoms with E-state index in [1.54, 1.807) is 24.1 Å². The Hall–Kier alpha value is -2.94. The van der Waals surface area contributed by atoms with Crippen LogP contribution in [-0.2, 0) is 11.3 Å². The molecular weight excluding hydrogens is 408 g/mol. The van der Waals surface area contributed by atoms with Crippen LogP contribution in [0.15, 0.2) is 48.5 Å². The van der Waals surface area contributed by atoms with Gasteiger partial charge in [0.2, 0.25) is 0 Å². The lowest BCUT2D eigenvalue weighted by atomic mass is 10.1. The van der Waals surface area contributed by atoms with Crippen molar-refractivity contribution in [3.8, 4) is 5.75 Å². The van der Waals surface area contributed by atoms with E-state index in [0.29, 0.717) is 37.0 Å². The smallest absolute Gasteiger partial charge is 0.324 e. The second-order valence-electron chi connectivity index (χ2n) is 8.11. The fourth-order valence-electron chi connectivity index (χ4n) is 4.03. The number of Topliss-reactive ketones (excluding diaryl/α,β-unsaturated/α-hetero) is 1. The SMILES string of the molecule is COc1cccc(N(Cc2ccc(C(=O)CN)cc2)C(=O)N2CCN(C3COC3)CC2)c1. The lowest BCUT2D eigenvalue weighted by Crippen LogP contribution is -2.59. The summed E-state index contributed by atoms with van der Waals surface area (Å²) in [6.45, 7) is 4.99. The maximum atomic E-state index is 13.6. The van der Waals surface area contributed by atoms with Crippen LogP contribution >= 0.6 is 0 Å². The second kappa shape index (κ2) is 10.1. The number of piperazine rings is 1. The molecule has 0 bridgehead atoms. The van der Waals surface area contributed by atoms with Crippen molar-refractivity contribution in [3.05, 3.63) is 59.7 Å². The molecule has 0 unspecified atom stereocenters. The molecule has 0 aromatic heterocycles. The van der Waals surface area contributed by atoms with E-state index in [1.165, 1.54) is 0 Å². The molecule has 2 saturated heterocycles. The van der Waals surface area contributed by atoms with E-state index >= 15 is 0 Å². The third-order valence-corrected chi connectivity index (χ3v) is 6.12. The number of carbonyl (C=O) groups is 2. The molecule has 8 heteroatoms. The average Bonchev–Trinajstić information content (AvgIpc) is 2.81. The lowest BCUT2D eigenvalue weighted by molar-refractivity contribution is -0.0738. The molecule has 8 nitrogen and oxygen atoms in total. The number of hydrogen-bond acceptors (Lipinski definition) is 6. The number of nitrogens with zero attached hydrogens (tertiary/aromatic N) is 3. The molecule has 2 aromatic rings. The van der Waals surface area contributed by atoms with Gasteiger partial charge in [0.1, 0.15) is 5.75 Å². The molecule has 2 fully saturated rings. The van der Waals surface area contributed by atoms with E-state index in [-0.39, 0.29) is 18.4 Å². The van der Waals surface area contributed by atoms with Crippen LogP contribution < -0.4 is 15.4 Å². The number of urea groups is 1. The standard InChI is InChI=1S/C24H30N4O4/c1-31-22-4-2-3-20(13-22)28(15-18-5-7-19(8-6-18)23(29)14-25)24(30)27-11-9-26(10-12-27)21-16-32-17-21/h2-8,13,21H,9-12,14-17,25H2,1H3. The normalized spacial score (nSPS) is 17.0. The van der Waals surface area contributed by atoms with Crippen LogP contribution in [0.1, 0.15) is 15.9 Å². The summed E-state index contributed by atoms with van der Waals surface area (Å²) < 4.78 is 10.7. The van der Waals surface area contributed by atoms with Crippen LogP contribution in [0.5, 0.6) is 5.75 Å². The van der Waals surface area contributed by atoms with Gasteiger partial charge in [-0.2, -0.15) is 0 Å². The highest BCUT2D eigenvalue weighted by Gasteiger charge is 2.32. The van der Waals surface area contributed by atoms with E-state index in [2.05, 4.69) is 4.90 Å². The first-order chi connectivity index (χ1) is 15.6. The Morgan fingerprint density at radius 3 is 2.41 bits per heavy atom. The van der Waals surface area contributed by atoms with Gasteiger partial charge in [-0.3, -0.25) is 14.6 Å². The summed E-state index contributed by atoms with van der Waals surface area (Å²) in [5.74, 6) is 0.589. The van der Waals surface area contributed by atoms with Crippen molar-refractivity contribution in [1.82, 2.24) is 9.80 Å². The van der Waals surface area contributed by atoms with Crippen LogP contribution in [0.2, 0.25) is 0 Å². The van der Waals surface area contributed by atoms with Crippen molar-refractivity contribution in [2.75, 3.05) is 57.9 Å². The zero-order chi connectivity index (χ0) is 22.5. The Bertz CT molecular complexity index is 937. The minimum Gasteiger partial charge on any atom is -0.497 e. The van der Waals surface area contributed by atoms with Gasteiger partial charge in [-0.25, -0.2) is 4.79 Å². The zero-order valence-corrected chi connectivity index (χ0v) is 18.4. The highest BCUT2D eigenvalue weighted by Crippen LogP contribution is 2.25. The van der Waals surface area contributed by atoms with E-state index in [4.69, 9.17) is 15.2 Å². The third kappa shape index (κ3) is 4.93. The zero-order valence-electron chi connectivity index (χ0n) is 18.4. The van der Waals surface area contributed by atoms with Gasteiger partial charge in [0.15, 0.2) is 5.78 Å². The number of carbonyl (C=O) groups excluding carboxylic acids is 2. The van der Waals surface area contributed by atoms with Crippen molar-refractivity contribution >= 4 is 17.5 Å². The van der Waals surface area contributed by atoms with Crippen LogP contribution in [0, 0.1) is 0 Å². The molecule has 0 saturated carbocycles. The first kappa shape index (κ1) is 22.3. The molecule has 2 amide bonds. The summed E-state index contributed by atoms with van der Waals surface area (Å²) in [6.07, 6.45) is 0. The number of methoxy groups -OCH3 is 1. The summed E-state index contributed by atoms with van der Waals surface area (Å²) in [7, 11) is 1.61. The Morgan fingerprint density at radius 1 is 1.09 bits per heavy atom. The molecule has 0 radical (unpaired) electrons. The average molecular weight is 439 g/mol. The first-order valence-corrected chi connectivity index (χ1v) is 10.9. The van der Waals surface area contributed by atoms with Crippen LogP contribution in [0.3, 0.4) is 0 Å². The van der Waals surface area contributed by atoms with Gasteiger partial charge in [0.05, 0.1) is 39.5 Å². The Kier molecular flexibility index (Phi) is 7.04. The van der Waals surface area contributed by atoms with Crippen LogP contribution in [0.25, 0.3) is 0 Å². The second-order valence-corrected chi connectivity index (χ2v) is 8.11. The highest BCUT2D eigenvalue weighted by atomic mass is 16.5. The predicted octanol–water partition coefficient (Wildman–Crippen LogP) is 1.98. The molecule has 2 heterocycles. The fourth-order valence-corrected chi connectivity index (χ4v) is 4.03. The molecule has 0 aliphatic carbocycles. The van der Waals surface area contributed by atoms with Crippen molar-refractivity contribution in [3.63, 3.8) is 0 Å². The van der Waals surface area contributed by atoms with Crippen LogP contribution in [0.4, 0.5) is 10.5 Å². The molecule has 0 atom stereocenters. The monoisotopic (exact) mass is 438 g/mol. The maximum Gasteiger partial charge on any atom is 0.324 e. The molecule has 0 spiro atoms. The van der Waals surface area contributed by atoms with Crippen molar-refractivity contribution in [1.29, 1.82) is 0 Å². The minimum absolute atomic E-state index is 0.0211. The Labute approximate surface area is 188 Å². The molecule has 2 aliphatic rings.